The summed E-state index contributed by atoms with van der Waals surface area (Å²) < 4.78 is 14.9. The van der Waals surface area contributed by atoms with Crippen LogP contribution in [0.3, 0.4) is 0 Å². The number of pyridine rings is 1. The van der Waals surface area contributed by atoms with Gasteiger partial charge in [-0.15, -0.1) is 0 Å². The van der Waals surface area contributed by atoms with Crippen molar-refractivity contribution in [1.29, 1.82) is 0 Å². The van der Waals surface area contributed by atoms with Crippen molar-refractivity contribution < 1.29 is 23.8 Å². The van der Waals surface area contributed by atoms with Crippen molar-refractivity contribution in [3.63, 3.8) is 0 Å². The minimum atomic E-state index is -0.474. The molecule has 0 radical (unpaired) electrons. The van der Waals surface area contributed by atoms with E-state index in [1.807, 2.05) is 0 Å². The molecule has 1 rings (SSSR count). The maximum Gasteiger partial charge on any atom is 0.340 e. The highest BCUT2D eigenvalue weighted by atomic mass is 35.5. The number of aromatic nitrogens is 1. The smallest absolute Gasteiger partial charge is 0.340 e. The van der Waals surface area contributed by atoms with Crippen LogP contribution in [-0.2, 0) is 14.3 Å². The van der Waals surface area contributed by atoms with E-state index in [2.05, 4.69) is 9.72 Å². The second-order valence-corrected chi connectivity index (χ2v) is 4.52. The van der Waals surface area contributed by atoms with E-state index in [4.69, 9.17) is 21.1 Å². The molecule has 0 saturated heterocycles. The molecule has 0 bridgehead atoms. The van der Waals surface area contributed by atoms with Gasteiger partial charge >= 0.3 is 11.9 Å². The van der Waals surface area contributed by atoms with Crippen LogP contribution in [0.4, 0.5) is 0 Å². The molecule has 1 heterocycles. The van der Waals surface area contributed by atoms with E-state index in [1.165, 1.54) is 13.2 Å². The van der Waals surface area contributed by atoms with Gasteiger partial charge in [0.05, 0.1) is 31.6 Å². The van der Waals surface area contributed by atoms with Crippen molar-refractivity contribution in [3.05, 3.63) is 22.5 Å². The topological polar surface area (TPSA) is 74.7 Å². The molecule has 0 atom stereocenters. The Morgan fingerprint density at radius 1 is 1.38 bits per heavy atom. The Labute approximate surface area is 128 Å². The summed E-state index contributed by atoms with van der Waals surface area (Å²) in [6.07, 6.45) is 0.726. The van der Waals surface area contributed by atoms with E-state index >= 15 is 0 Å². The zero-order valence-electron chi connectivity index (χ0n) is 12.3. The third kappa shape index (κ3) is 5.23. The van der Waals surface area contributed by atoms with Crippen LogP contribution in [0.5, 0.6) is 5.75 Å². The third-order valence-corrected chi connectivity index (χ3v) is 2.91. The first-order valence-corrected chi connectivity index (χ1v) is 6.91. The van der Waals surface area contributed by atoms with Gasteiger partial charge in [-0.1, -0.05) is 11.6 Å². The molecule has 7 heteroatoms. The summed E-state index contributed by atoms with van der Waals surface area (Å²) in [5.74, 6) is -0.493. The SMILES string of the molecule is CCOC(=O)c1cc(OCCCC(=O)OC)c(Cl)nc1C. The molecule has 0 spiro atoms. The number of ether oxygens (including phenoxy) is 3. The van der Waals surface area contributed by atoms with Crippen LogP contribution in [0.25, 0.3) is 0 Å². The van der Waals surface area contributed by atoms with Crippen molar-refractivity contribution in [2.75, 3.05) is 20.3 Å². The molecule has 0 fully saturated rings. The second-order valence-electron chi connectivity index (χ2n) is 4.16. The molecular weight excluding hydrogens is 298 g/mol. The van der Waals surface area contributed by atoms with Gasteiger partial charge in [-0.05, 0) is 26.3 Å². The average molecular weight is 316 g/mol. The Bertz CT molecular complexity index is 518. The Balaban J connectivity index is 2.71. The van der Waals surface area contributed by atoms with E-state index in [-0.39, 0.29) is 36.5 Å². The van der Waals surface area contributed by atoms with Gasteiger partial charge in [0.25, 0.3) is 0 Å². The highest BCUT2D eigenvalue weighted by Crippen LogP contribution is 2.25. The summed E-state index contributed by atoms with van der Waals surface area (Å²) in [5, 5.41) is 0.165. The molecule has 0 saturated carbocycles. The highest BCUT2D eigenvalue weighted by molar-refractivity contribution is 6.31. The minimum absolute atomic E-state index is 0.165. The van der Waals surface area contributed by atoms with Crippen molar-refractivity contribution in [2.45, 2.75) is 26.7 Å². The number of nitrogens with zero attached hydrogens (tertiary/aromatic N) is 1. The maximum absolute atomic E-state index is 11.8. The zero-order chi connectivity index (χ0) is 15.8. The number of aryl methyl sites for hydroxylation is 1. The number of rotatable bonds is 7. The Morgan fingerprint density at radius 3 is 2.71 bits per heavy atom. The van der Waals surface area contributed by atoms with Crippen molar-refractivity contribution in [2.24, 2.45) is 0 Å². The second kappa shape index (κ2) is 8.46. The molecule has 1 aromatic rings. The van der Waals surface area contributed by atoms with E-state index in [0.29, 0.717) is 17.7 Å². The molecule has 21 heavy (non-hydrogen) atoms. The maximum atomic E-state index is 11.8. The molecule has 0 aromatic carbocycles. The van der Waals surface area contributed by atoms with Crippen LogP contribution in [-0.4, -0.2) is 37.2 Å². The van der Waals surface area contributed by atoms with Crippen LogP contribution < -0.4 is 4.74 Å². The van der Waals surface area contributed by atoms with Crippen molar-refractivity contribution in [1.82, 2.24) is 4.98 Å². The number of carbonyl (C=O) groups excluding carboxylic acids is 2. The first-order valence-electron chi connectivity index (χ1n) is 6.53. The lowest BCUT2D eigenvalue weighted by atomic mass is 10.2. The fourth-order valence-electron chi connectivity index (χ4n) is 1.58. The first kappa shape index (κ1) is 17.2. The molecule has 6 nitrogen and oxygen atoms in total. The van der Waals surface area contributed by atoms with Crippen molar-refractivity contribution in [3.8, 4) is 5.75 Å². The molecule has 0 aliphatic heterocycles. The Kier molecular flexibility index (Phi) is 6.94. The minimum Gasteiger partial charge on any atom is -0.490 e. The normalized spacial score (nSPS) is 10.1. The molecule has 0 amide bonds. The average Bonchev–Trinajstić information content (AvgIpc) is 2.45. The summed E-state index contributed by atoms with van der Waals surface area (Å²) in [6, 6.07) is 1.50. The van der Waals surface area contributed by atoms with Gasteiger partial charge in [-0.3, -0.25) is 4.79 Å². The molecule has 0 N–H and O–H groups in total. The molecule has 0 unspecified atom stereocenters. The van der Waals surface area contributed by atoms with Gasteiger partial charge in [0.1, 0.15) is 0 Å². The Hall–Kier alpha value is -1.82. The quantitative estimate of drug-likeness (QED) is 0.437. The Morgan fingerprint density at radius 2 is 2.10 bits per heavy atom. The number of hydrogen-bond acceptors (Lipinski definition) is 6. The lowest BCUT2D eigenvalue weighted by Crippen LogP contribution is -2.10. The summed E-state index contributed by atoms with van der Waals surface area (Å²) in [7, 11) is 1.33. The predicted molar refractivity (Wildman–Crippen MR) is 76.7 cm³/mol. The summed E-state index contributed by atoms with van der Waals surface area (Å²) >= 11 is 5.97. The number of esters is 2. The number of carbonyl (C=O) groups is 2. The van der Waals surface area contributed by atoms with Crippen molar-refractivity contribution >= 4 is 23.5 Å². The summed E-state index contributed by atoms with van der Waals surface area (Å²) in [5.41, 5.74) is 0.782. The highest BCUT2D eigenvalue weighted by Gasteiger charge is 2.16. The zero-order valence-corrected chi connectivity index (χ0v) is 13.0. The number of hydrogen-bond donors (Lipinski definition) is 0. The molecule has 0 aliphatic carbocycles. The molecule has 1 aromatic heterocycles. The fourth-order valence-corrected chi connectivity index (χ4v) is 1.81. The van der Waals surface area contributed by atoms with Gasteiger partial charge in [0.15, 0.2) is 10.9 Å². The lowest BCUT2D eigenvalue weighted by Gasteiger charge is -2.11. The first-order chi connectivity index (χ1) is 9.99. The van der Waals surface area contributed by atoms with E-state index < -0.39 is 5.97 Å². The number of methoxy groups -OCH3 is 1. The van der Waals surface area contributed by atoms with Gasteiger partial charge in [0.2, 0.25) is 0 Å². The molecular formula is C14H18ClNO5. The van der Waals surface area contributed by atoms with Crippen LogP contribution >= 0.6 is 11.6 Å². The fraction of sp³-hybridized carbons (Fsp3) is 0.500. The largest absolute Gasteiger partial charge is 0.490 e. The van der Waals surface area contributed by atoms with Crippen LogP contribution in [0.1, 0.15) is 35.8 Å². The van der Waals surface area contributed by atoms with Crippen LogP contribution in [0.2, 0.25) is 5.15 Å². The summed E-state index contributed by atoms with van der Waals surface area (Å²) in [6.45, 7) is 3.93. The van der Waals surface area contributed by atoms with E-state index in [1.54, 1.807) is 13.8 Å². The van der Waals surface area contributed by atoms with Gasteiger partial charge in [-0.2, -0.15) is 0 Å². The molecule has 0 aliphatic rings. The van der Waals surface area contributed by atoms with Gasteiger partial charge in [-0.25, -0.2) is 9.78 Å². The molecule has 116 valence electrons. The lowest BCUT2D eigenvalue weighted by molar-refractivity contribution is -0.140. The third-order valence-electron chi connectivity index (χ3n) is 2.64. The number of halogens is 1. The van der Waals surface area contributed by atoms with E-state index in [0.717, 1.165) is 0 Å². The standard InChI is InChI=1S/C14H18ClNO5/c1-4-20-14(18)10-8-11(13(15)16-9(10)2)21-7-5-6-12(17)19-3/h8H,4-7H2,1-3H3. The van der Waals surface area contributed by atoms with Crippen LogP contribution in [0.15, 0.2) is 6.07 Å². The van der Waals surface area contributed by atoms with E-state index in [9.17, 15) is 9.59 Å². The predicted octanol–water partition coefficient (Wildman–Crippen LogP) is 2.55. The summed E-state index contributed by atoms with van der Waals surface area (Å²) in [4.78, 5) is 26.8. The monoisotopic (exact) mass is 315 g/mol. The van der Waals surface area contributed by atoms with Crippen LogP contribution in [0, 0.1) is 6.92 Å². The van der Waals surface area contributed by atoms with Gasteiger partial charge in [0, 0.05) is 6.42 Å². The van der Waals surface area contributed by atoms with Gasteiger partial charge < -0.3 is 14.2 Å².